The fourth-order valence-electron chi connectivity index (χ4n) is 7.05. The van der Waals surface area contributed by atoms with Gasteiger partial charge in [0.25, 0.3) is 0 Å². The van der Waals surface area contributed by atoms with Gasteiger partial charge in [-0.1, -0.05) is 158 Å². The van der Waals surface area contributed by atoms with Gasteiger partial charge in [0.1, 0.15) is 11.2 Å². The molecule has 1 heterocycles. The molecule has 50 heavy (non-hydrogen) atoms. The molecule has 1 aromatic heterocycles. The number of rotatable bonds is 7. The SMILES string of the molecule is c1ccc(-c2ccc(N(c3ccc(-c4ccccc4)cc3)c3cc(-c4ccccc4)ccc3-c3cccc4oc5ccccc5c34)cc2)cc1. The molecule has 0 aliphatic carbocycles. The summed E-state index contributed by atoms with van der Waals surface area (Å²) < 4.78 is 6.37. The number of fused-ring (bicyclic) bond motifs is 3. The van der Waals surface area contributed by atoms with Gasteiger partial charge in [0.05, 0.1) is 5.69 Å². The van der Waals surface area contributed by atoms with Crippen molar-refractivity contribution < 1.29 is 4.42 Å². The van der Waals surface area contributed by atoms with Crippen molar-refractivity contribution in [1.29, 1.82) is 0 Å². The number of para-hydroxylation sites is 1. The van der Waals surface area contributed by atoms with E-state index in [0.717, 1.165) is 55.7 Å². The van der Waals surface area contributed by atoms with E-state index in [1.54, 1.807) is 0 Å². The van der Waals surface area contributed by atoms with Crippen molar-refractivity contribution in [3.05, 3.63) is 200 Å². The first kappa shape index (κ1) is 29.5. The van der Waals surface area contributed by atoms with Gasteiger partial charge in [-0.2, -0.15) is 0 Å². The van der Waals surface area contributed by atoms with Crippen molar-refractivity contribution in [2.45, 2.75) is 0 Å². The third-order valence-electron chi connectivity index (χ3n) is 9.50. The van der Waals surface area contributed by atoms with Crippen LogP contribution in [0.5, 0.6) is 0 Å². The van der Waals surface area contributed by atoms with Crippen molar-refractivity contribution >= 4 is 39.0 Å². The highest BCUT2D eigenvalue weighted by molar-refractivity contribution is 6.14. The van der Waals surface area contributed by atoms with Gasteiger partial charge < -0.3 is 9.32 Å². The molecule has 0 fully saturated rings. The van der Waals surface area contributed by atoms with Crippen LogP contribution < -0.4 is 4.90 Å². The van der Waals surface area contributed by atoms with Crippen LogP contribution in [0.25, 0.3) is 66.4 Å². The van der Waals surface area contributed by atoms with Gasteiger partial charge in [-0.15, -0.1) is 0 Å². The number of anilines is 3. The zero-order chi connectivity index (χ0) is 33.3. The van der Waals surface area contributed by atoms with E-state index in [1.807, 2.05) is 12.1 Å². The minimum absolute atomic E-state index is 0.882. The summed E-state index contributed by atoms with van der Waals surface area (Å²) in [7, 11) is 0. The van der Waals surface area contributed by atoms with E-state index in [0.29, 0.717) is 0 Å². The summed E-state index contributed by atoms with van der Waals surface area (Å²) in [6.07, 6.45) is 0. The van der Waals surface area contributed by atoms with Gasteiger partial charge in [0, 0.05) is 27.7 Å². The Morgan fingerprint density at radius 2 is 0.780 bits per heavy atom. The van der Waals surface area contributed by atoms with Crippen LogP contribution in [0, 0.1) is 0 Å². The van der Waals surface area contributed by atoms with Crippen molar-refractivity contribution in [1.82, 2.24) is 0 Å². The fraction of sp³-hybridized carbons (Fsp3) is 0. The number of hydrogen-bond donors (Lipinski definition) is 0. The summed E-state index contributed by atoms with van der Waals surface area (Å²) in [5.41, 5.74) is 14.4. The highest BCUT2D eigenvalue weighted by Crippen LogP contribution is 2.46. The van der Waals surface area contributed by atoms with E-state index in [1.165, 1.54) is 27.8 Å². The first-order valence-corrected chi connectivity index (χ1v) is 17.0. The topological polar surface area (TPSA) is 16.4 Å². The Morgan fingerprint density at radius 1 is 0.320 bits per heavy atom. The summed E-state index contributed by atoms with van der Waals surface area (Å²) in [4.78, 5) is 2.40. The molecule has 0 atom stereocenters. The largest absolute Gasteiger partial charge is 0.456 e. The van der Waals surface area contributed by atoms with Crippen LogP contribution in [0.4, 0.5) is 17.1 Å². The monoisotopic (exact) mass is 639 g/mol. The molecule has 0 saturated carbocycles. The van der Waals surface area contributed by atoms with E-state index in [2.05, 4.69) is 193 Å². The van der Waals surface area contributed by atoms with Gasteiger partial charge in [0.15, 0.2) is 0 Å². The molecule has 0 radical (unpaired) electrons. The summed E-state index contributed by atoms with van der Waals surface area (Å²) in [6, 6.07) is 71.1. The van der Waals surface area contributed by atoms with Crippen molar-refractivity contribution in [2.24, 2.45) is 0 Å². The van der Waals surface area contributed by atoms with Gasteiger partial charge >= 0.3 is 0 Å². The number of furan rings is 1. The van der Waals surface area contributed by atoms with Gasteiger partial charge in [-0.25, -0.2) is 0 Å². The van der Waals surface area contributed by atoms with Crippen LogP contribution in [0.1, 0.15) is 0 Å². The van der Waals surface area contributed by atoms with Crippen molar-refractivity contribution in [3.63, 3.8) is 0 Å². The fourth-order valence-corrected chi connectivity index (χ4v) is 7.05. The van der Waals surface area contributed by atoms with Crippen LogP contribution in [-0.4, -0.2) is 0 Å². The molecule has 0 N–H and O–H groups in total. The lowest BCUT2D eigenvalue weighted by Crippen LogP contribution is -2.11. The average Bonchev–Trinajstić information content (AvgIpc) is 3.59. The van der Waals surface area contributed by atoms with E-state index < -0.39 is 0 Å². The zero-order valence-electron chi connectivity index (χ0n) is 27.4. The summed E-state index contributed by atoms with van der Waals surface area (Å²) in [5, 5.41) is 2.23. The van der Waals surface area contributed by atoms with Gasteiger partial charge in [-0.3, -0.25) is 0 Å². The Labute approximate surface area is 292 Å². The van der Waals surface area contributed by atoms with E-state index >= 15 is 0 Å². The number of hydrogen-bond acceptors (Lipinski definition) is 2. The highest BCUT2D eigenvalue weighted by atomic mass is 16.3. The minimum atomic E-state index is 0.882. The molecule has 0 spiro atoms. The van der Waals surface area contributed by atoms with Crippen molar-refractivity contribution in [2.75, 3.05) is 4.90 Å². The van der Waals surface area contributed by atoms with Gasteiger partial charge in [0.2, 0.25) is 0 Å². The molecular formula is C48H33NO. The molecule has 2 heteroatoms. The van der Waals surface area contributed by atoms with Crippen LogP contribution in [0.2, 0.25) is 0 Å². The summed E-state index contributed by atoms with van der Waals surface area (Å²) in [5.74, 6) is 0. The molecule has 2 nitrogen and oxygen atoms in total. The van der Waals surface area contributed by atoms with E-state index in [-0.39, 0.29) is 0 Å². The first-order chi connectivity index (χ1) is 24.8. The van der Waals surface area contributed by atoms with Gasteiger partial charge in [-0.05, 0) is 81.4 Å². The number of benzene rings is 8. The van der Waals surface area contributed by atoms with Crippen LogP contribution >= 0.6 is 0 Å². The second-order valence-corrected chi connectivity index (χ2v) is 12.5. The highest BCUT2D eigenvalue weighted by Gasteiger charge is 2.21. The predicted molar refractivity (Wildman–Crippen MR) is 210 cm³/mol. The molecule has 0 saturated heterocycles. The molecule has 0 aliphatic rings. The lowest BCUT2D eigenvalue weighted by atomic mass is 9.94. The minimum Gasteiger partial charge on any atom is -0.456 e. The predicted octanol–water partition coefficient (Wildman–Crippen LogP) is 13.7. The second kappa shape index (κ2) is 12.8. The van der Waals surface area contributed by atoms with Crippen molar-refractivity contribution in [3.8, 4) is 44.5 Å². The van der Waals surface area contributed by atoms with Crippen LogP contribution in [0.15, 0.2) is 205 Å². The summed E-state index contributed by atoms with van der Waals surface area (Å²) in [6.45, 7) is 0. The molecule has 0 aliphatic heterocycles. The van der Waals surface area contributed by atoms with E-state index in [4.69, 9.17) is 4.42 Å². The molecule has 0 amide bonds. The molecule has 0 bridgehead atoms. The Hall–Kier alpha value is -6.64. The smallest absolute Gasteiger partial charge is 0.136 e. The lowest BCUT2D eigenvalue weighted by Gasteiger charge is -2.29. The Kier molecular flexibility index (Phi) is 7.53. The standard InChI is InChI=1S/C48H33NO/c1-4-13-34(14-5-1)37-23-28-40(29-24-37)49(41-30-25-38(26-31-41)35-15-6-2-7-16-35)45-33-39(36-17-8-3-9-18-36)27-32-42(45)43-20-12-22-47-48(43)44-19-10-11-21-46(44)50-47/h1-33H. The average molecular weight is 640 g/mol. The maximum atomic E-state index is 6.37. The Bertz CT molecular complexity index is 2470. The lowest BCUT2D eigenvalue weighted by molar-refractivity contribution is 0.669. The normalized spacial score (nSPS) is 11.2. The zero-order valence-corrected chi connectivity index (χ0v) is 27.4. The molecule has 236 valence electrons. The second-order valence-electron chi connectivity index (χ2n) is 12.5. The van der Waals surface area contributed by atoms with Crippen LogP contribution in [0.3, 0.4) is 0 Å². The molecule has 0 unspecified atom stereocenters. The third kappa shape index (κ3) is 5.43. The third-order valence-corrected chi connectivity index (χ3v) is 9.50. The molecule has 9 aromatic rings. The summed E-state index contributed by atoms with van der Waals surface area (Å²) >= 11 is 0. The molecule has 9 rings (SSSR count). The maximum Gasteiger partial charge on any atom is 0.136 e. The Balaban J connectivity index is 1.29. The van der Waals surface area contributed by atoms with Crippen LogP contribution in [-0.2, 0) is 0 Å². The quantitative estimate of drug-likeness (QED) is 0.173. The molecular weight excluding hydrogens is 607 g/mol. The maximum absolute atomic E-state index is 6.37. The van der Waals surface area contributed by atoms with E-state index in [9.17, 15) is 0 Å². The first-order valence-electron chi connectivity index (χ1n) is 17.0. The molecule has 8 aromatic carbocycles. The number of nitrogens with zero attached hydrogens (tertiary/aromatic N) is 1. The Morgan fingerprint density at radius 3 is 1.36 bits per heavy atom.